The Hall–Kier alpha value is -0.840. The third kappa shape index (κ3) is 3.62. The van der Waals surface area contributed by atoms with Crippen molar-refractivity contribution < 1.29 is 4.74 Å². The zero-order chi connectivity index (χ0) is 14.7. The van der Waals surface area contributed by atoms with Gasteiger partial charge in [-0.05, 0) is 43.7 Å². The smallest absolute Gasteiger partial charge is 0.140 e. The minimum Gasteiger partial charge on any atom is -0.484 e. The van der Waals surface area contributed by atoms with Gasteiger partial charge < -0.3 is 10.5 Å². The average molecular weight is 399 g/mol. The summed E-state index contributed by atoms with van der Waals surface area (Å²) in [5.74, 6) is 0.823. The Labute approximate surface area is 136 Å². The number of aryl methyl sites for hydroxylation is 1. The van der Waals surface area contributed by atoms with E-state index in [-0.39, 0.29) is 12.1 Å². The van der Waals surface area contributed by atoms with E-state index in [9.17, 15) is 0 Å². The van der Waals surface area contributed by atoms with E-state index >= 15 is 0 Å². The lowest BCUT2D eigenvalue weighted by atomic mass is 10.0. The van der Waals surface area contributed by atoms with Crippen LogP contribution in [-0.2, 0) is 0 Å². The zero-order valence-electron chi connectivity index (χ0n) is 11.4. The molecule has 2 rings (SSSR count). The molecule has 0 spiro atoms. The summed E-state index contributed by atoms with van der Waals surface area (Å²) in [6.07, 6.45) is -0.189. The first-order valence-corrected chi connectivity index (χ1v) is 8.00. The molecule has 0 heterocycles. The molecule has 0 radical (unpaired) electrons. The highest BCUT2D eigenvalue weighted by molar-refractivity contribution is 9.10. The van der Waals surface area contributed by atoms with Crippen LogP contribution in [0.5, 0.6) is 5.75 Å². The molecule has 0 aliphatic heterocycles. The van der Waals surface area contributed by atoms with E-state index in [4.69, 9.17) is 10.5 Å². The first kappa shape index (κ1) is 15.5. The molecule has 0 fully saturated rings. The second-order valence-electron chi connectivity index (χ2n) is 4.83. The average Bonchev–Trinajstić information content (AvgIpc) is 2.41. The first-order chi connectivity index (χ1) is 9.49. The maximum Gasteiger partial charge on any atom is 0.140 e. The van der Waals surface area contributed by atoms with Gasteiger partial charge in [-0.1, -0.05) is 50.1 Å². The molecule has 4 heteroatoms. The molecular weight excluding hydrogens is 382 g/mol. The number of halogens is 2. The molecule has 0 saturated carbocycles. The predicted octanol–water partition coefficient (Wildman–Crippen LogP) is 4.99. The van der Waals surface area contributed by atoms with Gasteiger partial charge in [0.05, 0.1) is 0 Å². The molecule has 0 saturated heterocycles. The lowest BCUT2D eigenvalue weighted by molar-refractivity contribution is 0.179. The summed E-state index contributed by atoms with van der Waals surface area (Å²) in [7, 11) is 0. The summed E-state index contributed by atoms with van der Waals surface area (Å²) >= 11 is 7.05. The Morgan fingerprint density at radius 3 is 2.35 bits per heavy atom. The van der Waals surface area contributed by atoms with Crippen LogP contribution >= 0.6 is 31.9 Å². The van der Waals surface area contributed by atoms with Crippen molar-refractivity contribution in [2.24, 2.45) is 5.73 Å². The van der Waals surface area contributed by atoms with Crippen LogP contribution < -0.4 is 10.5 Å². The highest BCUT2D eigenvalue weighted by Gasteiger charge is 2.20. The normalized spacial score (nSPS) is 13.8. The van der Waals surface area contributed by atoms with Gasteiger partial charge in [0.15, 0.2) is 0 Å². The number of ether oxygens (including phenoxy) is 1. The number of hydrogen-bond acceptors (Lipinski definition) is 2. The highest BCUT2D eigenvalue weighted by atomic mass is 79.9. The fourth-order valence-corrected chi connectivity index (χ4v) is 2.75. The van der Waals surface area contributed by atoms with E-state index in [2.05, 4.69) is 31.9 Å². The van der Waals surface area contributed by atoms with Crippen LogP contribution in [0.4, 0.5) is 0 Å². The van der Waals surface area contributed by atoms with Gasteiger partial charge in [-0.25, -0.2) is 0 Å². The second-order valence-corrected chi connectivity index (χ2v) is 6.54. The number of hydrogen-bond donors (Lipinski definition) is 1. The van der Waals surface area contributed by atoms with E-state index in [1.54, 1.807) is 0 Å². The van der Waals surface area contributed by atoms with Gasteiger partial charge in [-0.2, -0.15) is 0 Å². The fourth-order valence-electron chi connectivity index (χ4n) is 2.00. The molecule has 2 aromatic rings. The minimum atomic E-state index is -0.189. The van der Waals surface area contributed by atoms with E-state index in [1.165, 1.54) is 0 Å². The molecule has 106 valence electrons. The number of nitrogens with two attached hydrogens (primary N) is 1. The maximum absolute atomic E-state index is 6.10. The Kier molecular flexibility index (Phi) is 5.24. The van der Waals surface area contributed by atoms with Crippen molar-refractivity contribution in [1.82, 2.24) is 0 Å². The lowest BCUT2D eigenvalue weighted by Gasteiger charge is -2.24. The van der Waals surface area contributed by atoms with Gasteiger partial charge in [-0.3, -0.25) is 0 Å². The summed E-state index contributed by atoms with van der Waals surface area (Å²) in [5, 5.41) is 0. The molecule has 0 aromatic heterocycles. The van der Waals surface area contributed by atoms with E-state index in [1.807, 2.05) is 56.3 Å². The minimum absolute atomic E-state index is 0.113. The molecule has 2 N–H and O–H groups in total. The van der Waals surface area contributed by atoms with Crippen molar-refractivity contribution in [2.45, 2.75) is 26.0 Å². The Bertz CT molecular complexity index is 599. The van der Waals surface area contributed by atoms with Gasteiger partial charge in [0.2, 0.25) is 0 Å². The van der Waals surface area contributed by atoms with Gasteiger partial charge in [0.25, 0.3) is 0 Å². The van der Waals surface area contributed by atoms with Crippen LogP contribution in [0.1, 0.15) is 24.2 Å². The molecule has 20 heavy (non-hydrogen) atoms. The van der Waals surface area contributed by atoms with Crippen LogP contribution in [0.2, 0.25) is 0 Å². The summed E-state index contributed by atoms with van der Waals surface area (Å²) in [5.41, 5.74) is 8.29. The predicted molar refractivity (Wildman–Crippen MR) is 90.0 cm³/mol. The van der Waals surface area contributed by atoms with Gasteiger partial charge >= 0.3 is 0 Å². The lowest BCUT2D eigenvalue weighted by Crippen LogP contribution is -2.29. The SMILES string of the molecule is Cc1cc(OC(c2ccccc2Br)C(C)N)ccc1Br. The highest BCUT2D eigenvalue weighted by Crippen LogP contribution is 2.31. The fraction of sp³-hybridized carbons (Fsp3) is 0.250. The molecule has 2 atom stereocenters. The molecule has 0 bridgehead atoms. The van der Waals surface area contributed by atoms with Crippen LogP contribution in [-0.4, -0.2) is 6.04 Å². The molecule has 2 unspecified atom stereocenters. The molecule has 2 nitrogen and oxygen atoms in total. The Balaban J connectivity index is 2.31. The van der Waals surface area contributed by atoms with Crippen LogP contribution in [0.15, 0.2) is 51.4 Å². The molecule has 0 aliphatic carbocycles. The number of benzene rings is 2. The van der Waals surface area contributed by atoms with Gasteiger partial charge in [0, 0.05) is 20.6 Å². The van der Waals surface area contributed by atoms with Crippen molar-refractivity contribution >= 4 is 31.9 Å². The van der Waals surface area contributed by atoms with Crippen molar-refractivity contribution in [3.63, 3.8) is 0 Å². The Morgan fingerprint density at radius 1 is 1.05 bits per heavy atom. The number of rotatable bonds is 4. The summed E-state index contributed by atoms with van der Waals surface area (Å²) in [4.78, 5) is 0. The molecule has 0 amide bonds. The maximum atomic E-state index is 6.10. The van der Waals surface area contributed by atoms with Crippen LogP contribution in [0.3, 0.4) is 0 Å². The largest absolute Gasteiger partial charge is 0.484 e. The topological polar surface area (TPSA) is 35.2 Å². The van der Waals surface area contributed by atoms with Crippen molar-refractivity contribution in [3.05, 3.63) is 62.5 Å². The Morgan fingerprint density at radius 2 is 1.75 bits per heavy atom. The van der Waals surface area contributed by atoms with Gasteiger partial charge in [0.1, 0.15) is 11.9 Å². The quantitative estimate of drug-likeness (QED) is 0.787. The standard InChI is InChI=1S/C16H17Br2NO/c1-10-9-12(7-8-14(10)17)20-16(11(2)19)13-5-3-4-6-15(13)18/h3-9,11,16H,19H2,1-2H3. The summed E-state index contributed by atoms with van der Waals surface area (Å²) in [6.45, 7) is 3.99. The monoisotopic (exact) mass is 397 g/mol. The first-order valence-electron chi connectivity index (χ1n) is 6.42. The third-order valence-corrected chi connectivity index (χ3v) is 4.69. The van der Waals surface area contributed by atoms with Crippen molar-refractivity contribution in [3.8, 4) is 5.75 Å². The van der Waals surface area contributed by atoms with E-state index in [0.717, 1.165) is 25.8 Å². The summed E-state index contributed by atoms with van der Waals surface area (Å²) < 4.78 is 8.19. The third-order valence-electron chi connectivity index (χ3n) is 3.08. The second kappa shape index (κ2) is 6.74. The zero-order valence-corrected chi connectivity index (χ0v) is 14.6. The van der Waals surface area contributed by atoms with E-state index < -0.39 is 0 Å². The van der Waals surface area contributed by atoms with Crippen molar-refractivity contribution in [2.75, 3.05) is 0 Å². The van der Waals surface area contributed by atoms with Crippen LogP contribution in [0, 0.1) is 6.92 Å². The molecule has 2 aromatic carbocycles. The molecule has 0 aliphatic rings. The van der Waals surface area contributed by atoms with Crippen LogP contribution in [0.25, 0.3) is 0 Å². The molecular formula is C16H17Br2NO. The van der Waals surface area contributed by atoms with Crippen molar-refractivity contribution in [1.29, 1.82) is 0 Å². The van der Waals surface area contributed by atoms with E-state index in [0.29, 0.717) is 0 Å². The summed E-state index contributed by atoms with van der Waals surface area (Å²) in [6, 6.07) is 13.8. The van der Waals surface area contributed by atoms with Gasteiger partial charge in [-0.15, -0.1) is 0 Å².